The maximum Gasteiger partial charge on any atom is 0.146 e. The summed E-state index contributed by atoms with van der Waals surface area (Å²) in [6.07, 6.45) is 0.519. The molecule has 1 rings (SSSR count). The van der Waals surface area contributed by atoms with Crippen molar-refractivity contribution in [2.75, 3.05) is 13.7 Å². The molecule has 1 unspecified atom stereocenters. The first kappa shape index (κ1) is 13.0. The summed E-state index contributed by atoms with van der Waals surface area (Å²) < 4.78 is 18.3. The first-order chi connectivity index (χ1) is 7.69. The SMILES string of the molecule is CC#Cc1ccc(F)c(C(Cl)CCOC)n1. The van der Waals surface area contributed by atoms with Crippen molar-refractivity contribution >= 4 is 11.6 Å². The van der Waals surface area contributed by atoms with E-state index in [0.717, 1.165) is 0 Å². The number of pyridine rings is 1. The lowest BCUT2D eigenvalue weighted by Gasteiger charge is -2.09. The van der Waals surface area contributed by atoms with Gasteiger partial charge in [-0.15, -0.1) is 11.6 Å². The summed E-state index contributed by atoms with van der Waals surface area (Å²) in [5.74, 6) is 5.07. The third kappa shape index (κ3) is 3.48. The number of alkyl halides is 1. The molecule has 2 nitrogen and oxygen atoms in total. The van der Waals surface area contributed by atoms with Crippen molar-refractivity contribution < 1.29 is 9.13 Å². The molecule has 86 valence electrons. The zero-order chi connectivity index (χ0) is 12.0. The van der Waals surface area contributed by atoms with Gasteiger partial charge in [-0.1, -0.05) is 5.92 Å². The van der Waals surface area contributed by atoms with Crippen LogP contribution in [0.2, 0.25) is 0 Å². The van der Waals surface area contributed by atoms with Gasteiger partial charge in [-0.2, -0.15) is 0 Å². The van der Waals surface area contributed by atoms with E-state index >= 15 is 0 Å². The molecular formula is C12H13ClFNO. The topological polar surface area (TPSA) is 22.1 Å². The van der Waals surface area contributed by atoms with E-state index in [2.05, 4.69) is 16.8 Å². The number of halogens is 2. The quantitative estimate of drug-likeness (QED) is 0.597. The van der Waals surface area contributed by atoms with Crippen molar-refractivity contribution in [3.8, 4) is 11.8 Å². The molecule has 0 radical (unpaired) electrons. The highest BCUT2D eigenvalue weighted by Gasteiger charge is 2.14. The third-order valence-electron chi connectivity index (χ3n) is 2.00. The van der Waals surface area contributed by atoms with Crippen molar-refractivity contribution in [2.24, 2.45) is 0 Å². The number of hydrogen-bond acceptors (Lipinski definition) is 2. The molecule has 0 saturated carbocycles. The maximum atomic E-state index is 13.5. The molecule has 0 aromatic carbocycles. The Balaban J connectivity index is 2.91. The van der Waals surface area contributed by atoms with Crippen molar-refractivity contribution in [2.45, 2.75) is 18.7 Å². The van der Waals surface area contributed by atoms with Gasteiger partial charge in [0.05, 0.1) is 11.1 Å². The van der Waals surface area contributed by atoms with Crippen molar-refractivity contribution in [1.29, 1.82) is 0 Å². The van der Waals surface area contributed by atoms with Crippen LogP contribution >= 0.6 is 11.6 Å². The molecule has 4 heteroatoms. The second-order valence-corrected chi connectivity index (χ2v) is 3.71. The van der Waals surface area contributed by atoms with Crippen LogP contribution in [-0.4, -0.2) is 18.7 Å². The molecule has 0 bridgehead atoms. The van der Waals surface area contributed by atoms with Gasteiger partial charge >= 0.3 is 0 Å². The molecule has 0 amide bonds. The molecule has 0 aliphatic carbocycles. The van der Waals surface area contributed by atoms with E-state index in [4.69, 9.17) is 16.3 Å². The molecule has 1 aromatic rings. The molecule has 1 aromatic heterocycles. The summed E-state index contributed by atoms with van der Waals surface area (Å²) in [6.45, 7) is 2.17. The van der Waals surface area contributed by atoms with E-state index in [1.165, 1.54) is 12.1 Å². The van der Waals surface area contributed by atoms with Gasteiger partial charge in [0.25, 0.3) is 0 Å². The number of nitrogens with zero attached hydrogens (tertiary/aromatic N) is 1. The van der Waals surface area contributed by atoms with Crippen LogP contribution in [-0.2, 0) is 4.74 Å². The van der Waals surface area contributed by atoms with E-state index in [1.54, 1.807) is 14.0 Å². The highest BCUT2D eigenvalue weighted by atomic mass is 35.5. The molecule has 0 fully saturated rings. The van der Waals surface area contributed by atoms with Gasteiger partial charge < -0.3 is 4.74 Å². The van der Waals surface area contributed by atoms with E-state index in [-0.39, 0.29) is 5.69 Å². The van der Waals surface area contributed by atoms with E-state index in [1.807, 2.05) is 0 Å². The van der Waals surface area contributed by atoms with Crippen LogP contribution in [0.1, 0.15) is 30.1 Å². The van der Waals surface area contributed by atoms with Crippen LogP contribution in [0.4, 0.5) is 4.39 Å². The number of ether oxygens (including phenoxy) is 1. The Morgan fingerprint density at radius 2 is 2.31 bits per heavy atom. The van der Waals surface area contributed by atoms with Gasteiger partial charge in [-0.25, -0.2) is 9.37 Å². The average Bonchev–Trinajstić information content (AvgIpc) is 2.29. The van der Waals surface area contributed by atoms with Gasteiger partial charge in [-0.05, 0) is 31.4 Å². The first-order valence-corrected chi connectivity index (χ1v) is 5.35. The molecule has 0 spiro atoms. The Kier molecular flexibility index (Phi) is 5.24. The fourth-order valence-electron chi connectivity index (χ4n) is 1.23. The van der Waals surface area contributed by atoms with Gasteiger partial charge in [0, 0.05) is 13.7 Å². The Labute approximate surface area is 99.8 Å². The molecule has 16 heavy (non-hydrogen) atoms. The van der Waals surface area contributed by atoms with Crippen molar-refractivity contribution in [3.05, 3.63) is 29.3 Å². The lowest BCUT2D eigenvalue weighted by atomic mass is 10.2. The molecular weight excluding hydrogens is 229 g/mol. The summed E-state index contributed by atoms with van der Waals surface area (Å²) in [5, 5.41) is -0.487. The lowest BCUT2D eigenvalue weighted by molar-refractivity contribution is 0.193. The molecule has 1 atom stereocenters. The van der Waals surface area contributed by atoms with Crippen LogP contribution < -0.4 is 0 Å². The first-order valence-electron chi connectivity index (χ1n) is 4.91. The fourth-order valence-corrected chi connectivity index (χ4v) is 1.48. The van der Waals surface area contributed by atoms with Crippen LogP contribution in [0.5, 0.6) is 0 Å². The summed E-state index contributed by atoms with van der Waals surface area (Å²) in [5.41, 5.74) is 0.765. The number of aromatic nitrogens is 1. The van der Waals surface area contributed by atoms with Crippen LogP contribution in [0.3, 0.4) is 0 Å². The summed E-state index contributed by atoms with van der Waals surface area (Å²) >= 11 is 6.03. The average molecular weight is 242 g/mol. The Morgan fingerprint density at radius 3 is 2.94 bits per heavy atom. The predicted molar refractivity (Wildman–Crippen MR) is 61.8 cm³/mol. The minimum absolute atomic E-state index is 0.235. The number of rotatable bonds is 4. The normalized spacial score (nSPS) is 11.8. The van der Waals surface area contributed by atoms with Crippen molar-refractivity contribution in [1.82, 2.24) is 4.98 Å². The second kappa shape index (κ2) is 6.47. The number of hydrogen-bond donors (Lipinski definition) is 0. The summed E-state index contributed by atoms with van der Waals surface area (Å²) in [7, 11) is 1.58. The smallest absolute Gasteiger partial charge is 0.146 e. The minimum Gasteiger partial charge on any atom is -0.385 e. The van der Waals surface area contributed by atoms with Crippen molar-refractivity contribution in [3.63, 3.8) is 0 Å². The van der Waals surface area contributed by atoms with E-state index in [0.29, 0.717) is 18.7 Å². The predicted octanol–water partition coefficient (Wildman–Crippen LogP) is 2.91. The second-order valence-electron chi connectivity index (χ2n) is 3.19. The monoisotopic (exact) mass is 241 g/mol. The Bertz CT molecular complexity index is 411. The van der Waals surface area contributed by atoms with Gasteiger partial charge in [0.2, 0.25) is 0 Å². The molecule has 0 N–H and O–H groups in total. The lowest BCUT2D eigenvalue weighted by Crippen LogP contribution is -2.03. The number of methoxy groups -OCH3 is 1. The zero-order valence-corrected chi connectivity index (χ0v) is 10.0. The standard InChI is InChI=1S/C12H13ClFNO/c1-3-4-9-5-6-11(14)12(15-9)10(13)7-8-16-2/h5-6,10H,7-8H2,1-2H3. The highest BCUT2D eigenvalue weighted by molar-refractivity contribution is 6.20. The Morgan fingerprint density at radius 1 is 1.56 bits per heavy atom. The zero-order valence-electron chi connectivity index (χ0n) is 9.26. The van der Waals surface area contributed by atoms with Gasteiger partial charge in [0.15, 0.2) is 0 Å². The van der Waals surface area contributed by atoms with Gasteiger partial charge in [0.1, 0.15) is 11.5 Å². The summed E-state index contributed by atoms with van der Waals surface area (Å²) in [6, 6.07) is 2.87. The van der Waals surface area contributed by atoms with Crippen LogP contribution in [0, 0.1) is 17.7 Å². The Hall–Kier alpha value is -1.11. The fraction of sp³-hybridized carbons (Fsp3) is 0.417. The maximum absolute atomic E-state index is 13.5. The molecule has 0 aliphatic heterocycles. The molecule has 0 aliphatic rings. The summed E-state index contributed by atoms with van der Waals surface area (Å²) in [4.78, 5) is 4.08. The largest absolute Gasteiger partial charge is 0.385 e. The van der Waals surface area contributed by atoms with E-state index in [9.17, 15) is 4.39 Å². The molecule has 1 heterocycles. The third-order valence-corrected chi connectivity index (χ3v) is 2.42. The van der Waals surface area contributed by atoms with Crippen LogP contribution in [0.15, 0.2) is 12.1 Å². The van der Waals surface area contributed by atoms with Gasteiger partial charge in [-0.3, -0.25) is 0 Å². The highest BCUT2D eigenvalue weighted by Crippen LogP contribution is 2.24. The van der Waals surface area contributed by atoms with E-state index < -0.39 is 11.2 Å². The van der Waals surface area contributed by atoms with Crippen LogP contribution in [0.25, 0.3) is 0 Å². The minimum atomic E-state index is -0.487. The molecule has 0 saturated heterocycles.